The quantitative estimate of drug-likeness (QED) is 0.409. The standard InChI is InChI=1S/C20H24ClN7O4/c1-3-16(30)27-8-12(15(10-27)31-2)11-32-19-17-14(21)7-22-18(17)25-20(26-19)24-13-6-23-28(9-13)4-5-29/h3,6-7,9,12,15,29H,1,4-5,8,10-11H2,2H3,(H2,22,24,25,26). The molecule has 1 aliphatic rings. The van der Waals surface area contributed by atoms with E-state index in [2.05, 4.69) is 31.9 Å². The third-order valence-electron chi connectivity index (χ3n) is 5.27. The van der Waals surface area contributed by atoms with E-state index in [9.17, 15) is 4.79 Å². The second kappa shape index (κ2) is 9.55. The first kappa shape index (κ1) is 22.1. The molecule has 32 heavy (non-hydrogen) atoms. The Morgan fingerprint density at radius 3 is 3.06 bits per heavy atom. The number of aliphatic hydroxyl groups is 1. The van der Waals surface area contributed by atoms with Crippen LogP contribution in [0.25, 0.3) is 11.0 Å². The first-order chi connectivity index (χ1) is 15.5. The number of hydrogen-bond acceptors (Lipinski definition) is 8. The normalized spacial score (nSPS) is 18.3. The minimum atomic E-state index is -0.159. The maximum Gasteiger partial charge on any atom is 0.246 e. The van der Waals surface area contributed by atoms with Crippen LogP contribution in [0.1, 0.15) is 0 Å². The van der Waals surface area contributed by atoms with Crippen molar-refractivity contribution in [2.45, 2.75) is 12.6 Å². The van der Waals surface area contributed by atoms with Crippen molar-refractivity contribution in [1.29, 1.82) is 0 Å². The van der Waals surface area contributed by atoms with E-state index in [1.165, 1.54) is 6.08 Å². The summed E-state index contributed by atoms with van der Waals surface area (Å²) in [5, 5.41) is 17.3. The van der Waals surface area contributed by atoms with Crippen molar-refractivity contribution in [3.05, 3.63) is 36.3 Å². The summed E-state index contributed by atoms with van der Waals surface area (Å²) in [6.07, 6.45) is 6.10. The Kier molecular flexibility index (Phi) is 6.58. The number of halogens is 1. The van der Waals surface area contributed by atoms with Crippen LogP contribution >= 0.6 is 11.6 Å². The average molecular weight is 462 g/mol. The molecule has 3 aromatic heterocycles. The van der Waals surface area contributed by atoms with Crippen LogP contribution in [0, 0.1) is 5.92 Å². The predicted octanol–water partition coefficient (Wildman–Crippen LogP) is 1.58. The number of carbonyl (C=O) groups excluding carboxylic acids is 1. The van der Waals surface area contributed by atoms with E-state index in [-0.39, 0.29) is 31.1 Å². The molecule has 0 saturated carbocycles. The summed E-state index contributed by atoms with van der Waals surface area (Å²) in [6.45, 7) is 5.17. The monoisotopic (exact) mass is 461 g/mol. The number of H-pyrrole nitrogens is 1. The van der Waals surface area contributed by atoms with E-state index in [0.29, 0.717) is 53.2 Å². The van der Waals surface area contributed by atoms with Gasteiger partial charge in [0.2, 0.25) is 17.7 Å². The Labute approximate surface area is 189 Å². The van der Waals surface area contributed by atoms with Gasteiger partial charge in [-0.05, 0) is 6.08 Å². The number of ether oxygens (including phenoxy) is 2. The largest absolute Gasteiger partial charge is 0.477 e. The van der Waals surface area contributed by atoms with Crippen molar-refractivity contribution in [3.63, 3.8) is 0 Å². The molecule has 4 rings (SSSR count). The fraction of sp³-hybridized carbons (Fsp3) is 0.400. The zero-order valence-corrected chi connectivity index (χ0v) is 18.2. The zero-order chi connectivity index (χ0) is 22.7. The molecule has 1 amide bonds. The molecular weight excluding hydrogens is 438 g/mol. The highest BCUT2D eigenvalue weighted by Gasteiger charge is 2.35. The topological polar surface area (TPSA) is 130 Å². The van der Waals surface area contributed by atoms with E-state index in [4.69, 9.17) is 26.2 Å². The number of nitrogens with zero attached hydrogens (tertiary/aromatic N) is 5. The summed E-state index contributed by atoms with van der Waals surface area (Å²) >= 11 is 6.33. The van der Waals surface area contributed by atoms with Crippen molar-refractivity contribution in [2.24, 2.45) is 5.92 Å². The van der Waals surface area contributed by atoms with Gasteiger partial charge >= 0.3 is 0 Å². The minimum absolute atomic E-state index is 0.0119. The summed E-state index contributed by atoms with van der Waals surface area (Å²) in [6, 6.07) is 0. The highest BCUT2D eigenvalue weighted by atomic mass is 35.5. The number of likely N-dealkylation sites (tertiary alicyclic amines) is 1. The van der Waals surface area contributed by atoms with Gasteiger partial charge in [-0.2, -0.15) is 15.1 Å². The average Bonchev–Trinajstić information content (AvgIpc) is 3.51. The van der Waals surface area contributed by atoms with Crippen LogP contribution in [0.2, 0.25) is 5.02 Å². The summed E-state index contributed by atoms with van der Waals surface area (Å²) < 4.78 is 13.2. The van der Waals surface area contributed by atoms with Crippen LogP contribution in [0.3, 0.4) is 0 Å². The molecule has 3 aromatic rings. The smallest absolute Gasteiger partial charge is 0.246 e. The van der Waals surface area contributed by atoms with Gasteiger partial charge in [0.15, 0.2) is 0 Å². The number of fused-ring (bicyclic) bond motifs is 1. The first-order valence-electron chi connectivity index (χ1n) is 10.0. The van der Waals surface area contributed by atoms with Crippen LogP contribution in [-0.2, 0) is 16.1 Å². The van der Waals surface area contributed by atoms with Gasteiger partial charge in [-0.15, -0.1) is 0 Å². The third kappa shape index (κ3) is 4.54. The number of rotatable bonds is 9. The lowest BCUT2D eigenvalue weighted by molar-refractivity contribution is -0.125. The Morgan fingerprint density at radius 1 is 1.47 bits per heavy atom. The molecule has 0 aliphatic carbocycles. The van der Waals surface area contributed by atoms with Crippen LogP contribution in [0.15, 0.2) is 31.2 Å². The second-order valence-corrected chi connectivity index (χ2v) is 7.75. The lowest BCUT2D eigenvalue weighted by atomic mass is 10.1. The molecule has 1 saturated heterocycles. The van der Waals surface area contributed by atoms with Gasteiger partial charge in [-0.25, -0.2) is 0 Å². The molecule has 12 heteroatoms. The molecule has 2 unspecified atom stereocenters. The van der Waals surface area contributed by atoms with Crippen LogP contribution in [-0.4, -0.2) is 80.2 Å². The van der Waals surface area contributed by atoms with Gasteiger partial charge in [0.05, 0.1) is 48.2 Å². The third-order valence-corrected chi connectivity index (χ3v) is 5.57. The van der Waals surface area contributed by atoms with Gasteiger partial charge in [-0.3, -0.25) is 9.48 Å². The number of nitrogens with one attached hydrogen (secondary N) is 2. The van der Waals surface area contributed by atoms with Crippen LogP contribution < -0.4 is 10.1 Å². The lowest BCUT2D eigenvalue weighted by Crippen LogP contribution is -2.28. The number of aliphatic hydroxyl groups excluding tert-OH is 1. The van der Waals surface area contributed by atoms with Gasteiger partial charge < -0.3 is 29.8 Å². The fourth-order valence-corrected chi connectivity index (χ4v) is 3.89. The molecule has 170 valence electrons. The van der Waals surface area contributed by atoms with Gasteiger partial charge in [0.25, 0.3) is 0 Å². The Balaban J connectivity index is 1.54. The minimum Gasteiger partial charge on any atom is -0.477 e. The number of aromatic nitrogens is 5. The van der Waals surface area contributed by atoms with Gasteiger partial charge in [0.1, 0.15) is 5.65 Å². The van der Waals surface area contributed by atoms with E-state index < -0.39 is 0 Å². The van der Waals surface area contributed by atoms with Gasteiger partial charge in [0, 0.05) is 38.5 Å². The van der Waals surface area contributed by atoms with Crippen molar-refractivity contribution in [3.8, 4) is 5.88 Å². The molecule has 1 fully saturated rings. The summed E-state index contributed by atoms with van der Waals surface area (Å²) in [5.41, 5.74) is 1.18. The summed E-state index contributed by atoms with van der Waals surface area (Å²) in [4.78, 5) is 25.6. The van der Waals surface area contributed by atoms with Crippen LogP contribution in [0.5, 0.6) is 5.88 Å². The zero-order valence-electron chi connectivity index (χ0n) is 17.5. The Bertz CT molecular complexity index is 1110. The number of aromatic amines is 1. The number of amides is 1. The maximum absolute atomic E-state index is 12.0. The fourth-order valence-electron chi connectivity index (χ4n) is 3.67. The Morgan fingerprint density at radius 2 is 2.31 bits per heavy atom. The Hall–Kier alpha value is -3.15. The molecule has 0 radical (unpaired) electrons. The molecule has 1 aliphatic heterocycles. The van der Waals surface area contributed by atoms with Crippen molar-refractivity contribution >= 4 is 40.2 Å². The second-order valence-electron chi connectivity index (χ2n) is 7.35. The maximum atomic E-state index is 12.0. The van der Waals surface area contributed by atoms with Crippen LogP contribution in [0.4, 0.5) is 11.6 Å². The lowest BCUT2D eigenvalue weighted by Gasteiger charge is -2.17. The van der Waals surface area contributed by atoms with E-state index >= 15 is 0 Å². The number of hydrogen-bond donors (Lipinski definition) is 3. The SMILES string of the molecule is C=CC(=O)N1CC(COc2nc(Nc3cnn(CCO)c3)nc3[nH]cc(Cl)c23)C(OC)C1. The first-order valence-corrected chi connectivity index (χ1v) is 10.4. The summed E-state index contributed by atoms with van der Waals surface area (Å²) in [5.74, 6) is 0.434. The molecule has 0 aromatic carbocycles. The van der Waals surface area contributed by atoms with Crippen molar-refractivity contribution in [1.82, 2.24) is 29.6 Å². The van der Waals surface area contributed by atoms with E-state index in [1.807, 2.05) is 0 Å². The predicted molar refractivity (Wildman–Crippen MR) is 118 cm³/mol. The number of anilines is 2. The highest BCUT2D eigenvalue weighted by Crippen LogP contribution is 2.32. The molecule has 11 nitrogen and oxygen atoms in total. The molecular formula is C20H24ClN7O4. The van der Waals surface area contributed by atoms with E-state index in [0.717, 1.165) is 0 Å². The molecule has 2 atom stereocenters. The van der Waals surface area contributed by atoms with Gasteiger partial charge in [-0.1, -0.05) is 18.2 Å². The number of methoxy groups -OCH3 is 1. The number of carbonyl (C=O) groups is 1. The highest BCUT2D eigenvalue weighted by molar-refractivity contribution is 6.35. The summed E-state index contributed by atoms with van der Waals surface area (Å²) in [7, 11) is 1.62. The molecule has 4 heterocycles. The molecule has 0 spiro atoms. The molecule has 3 N–H and O–H groups in total. The van der Waals surface area contributed by atoms with Crippen molar-refractivity contribution in [2.75, 3.05) is 38.7 Å². The van der Waals surface area contributed by atoms with Crippen molar-refractivity contribution < 1.29 is 19.4 Å². The van der Waals surface area contributed by atoms with E-state index in [1.54, 1.807) is 35.3 Å². The molecule has 0 bridgehead atoms.